The van der Waals surface area contributed by atoms with E-state index in [2.05, 4.69) is 15.3 Å². The average Bonchev–Trinajstić information content (AvgIpc) is 2.10. The number of nitrogens with one attached hydrogen (secondary N) is 1. The van der Waals surface area contributed by atoms with Gasteiger partial charge in [0.15, 0.2) is 0 Å². The number of halogens is 1. The second kappa shape index (κ2) is 4.33. The summed E-state index contributed by atoms with van der Waals surface area (Å²) in [5, 5.41) is 12.9. The van der Waals surface area contributed by atoms with Crippen molar-refractivity contribution >= 4 is 17.4 Å². The Balaban J connectivity index is 2.94. The summed E-state index contributed by atoms with van der Waals surface area (Å²) < 4.78 is 0. The van der Waals surface area contributed by atoms with E-state index in [1.54, 1.807) is 13.1 Å². The van der Waals surface area contributed by atoms with Crippen LogP contribution in [-0.4, -0.2) is 26.7 Å². The fraction of sp³-hybridized carbons (Fsp3) is 0.600. The van der Waals surface area contributed by atoms with Crippen LogP contribution in [0.4, 0.5) is 5.82 Å². The van der Waals surface area contributed by atoms with E-state index in [0.717, 1.165) is 5.56 Å². The van der Waals surface area contributed by atoms with E-state index in [4.69, 9.17) is 11.6 Å². The summed E-state index contributed by atoms with van der Waals surface area (Å²) >= 11 is 5.70. The molecule has 2 N–H and O–H groups in total. The number of nitrogens with zero attached hydrogens (tertiary/aromatic N) is 2. The van der Waals surface area contributed by atoms with Crippen molar-refractivity contribution in [1.82, 2.24) is 9.97 Å². The van der Waals surface area contributed by atoms with Gasteiger partial charge in [0, 0.05) is 11.8 Å². The Kier molecular flexibility index (Phi) is 3.52. The lowest BCUT2D eigenvalue weighted by Crippen LogP contribution is -2.42. The fourth-order valence-electron chi connectivity index (χ4n) is 0.957. The lowest BCUT2D eigenvalue weighted by Gasteiger charge is -2.30. The topological polar surface area (TPSA) is 58.0 Å². The van der Waals surface area contributed by atoms with Crippen LogP contribution in [0.5, 0.6) is 0 Å². The molecule has 1 unspecified atom stereocenters. The molecule has 1 heterocycles. The van der Waals surface area contributed by atoms with Crippen molar-refractivity contribution in [3.05, 3.63) is 17.0 Å². The second-order valence-electron chi connectivity index (χ2n) is 4.19. The number of rotatable bonds is 3. The SMILES string of the molecule is Cc1cnc(Cl)nc1NC(C)(C)C(C)O. The summed E-state index contributed by atoms with van der Waals surface area (Å²) in [6.45, 7) is 7.40. The molecule has 0 aliphatic rings. The van der Waals surface area contributed by atoms with Crippen molar-refractivity contribution in [3.8, 4) is 0 Å². The number of hydrogen-bond donors (Lipinski definition) is 2. The molecule has 84 valence electrons. The highest BCUT2D eigenvalue weighted by atomic mass is 35.5. The number of aromatic nitrogens is 2. The maximum Gasteiger partial charge on any atom is 0.224 e. The molecule has 1 atom stereocenters. The smallest absolute Gasteiger partial charge is 0.224 e. The average molecular weight is 230 g/mol. The Morgan fingerprint density at radius 2 is 2.13 bits per heavy atom. The normalized spacial score (nSPS) is 13.7. The molecule has 15 heavy (non-hydrogen) atoms. The summed E-state index contributed by atoms with van der Waals surface area (Å²) in [7, 11) is 0. The first-order chi connectivity index (χ1) is 6.83. The Morgan fingerprint density at radius 3 is 2.67 bits per heavy atom. The van der Waals surface area contributed by atoms with Crippen molar-refractivity contribution < 1.29 is 5.11 Å². The maximum absolute atomic E-state index is 9.56. The first kappa shape index (κ1) is 12.2. The third-order valence-electron chi connectivity index (χ3n) is 2.43. The molecular weight excluding hydrogens is 214 g/mol. The zero-order valence-electron chi connectivity index (χ0n) is 9.37. The van der Waals surface area contributed by atoms with Gasteiger partial charge in [0.05, 0.1) is 11.6 Å². The van der Waals surface area contributed by atoms with Gasteiger partial charge in [0.1, 0.15) is 5.82 Å². The van der Waals surface area contributed by atoms with E-state index in [1.165, 1.54) is 0 Å². The highest BCUT2D eigenvalue weighted by molar-refractivity contribution is 6.28. The first-order valence-corrected chi connectivity index (χ1v) is 5.16. The Labute approximate surface area is 94.7 Å². The number of aryl methyl sites for hydroxylation is 1. The van der Waals surface area contributed by atoms with Gasteiger partial charge < -0.3 is 10.4 Å². The van der Waals surface area contributed by atoms with Crippen molar-refractivity contribution in [1.29, 1.82) is 0 Å². The predicted molar refractivity (Wildman–Crippen MR) is 61.2 cm³/mol. The molecule has 0 aromatic carbocycles. The van der Waals surface area contributed by atoms with Gasteiger partial charge in [-0.25, -0.2) is 9.97 Å². The van der Waals surface area contributed by atoms with Crippen LogP contribution < -0.4 is 5.32 Å². The number of hydrogen-bond acceptors (Lipinski definition) is 4. The molecule has 1 aromatic heterocycles. The molecular formula is C10H16ClN3O. The van der Waals surface area contributed by atoms with Gasteiger partial charge in [0.2, 0.25) is 5.28 Å². The monoisotopic (exact) mass is 229 g/mol. The van der Waals surface area contributed by atoms with Gasteiger partial charge in [-0.1, -0.05) is 0 Å². The highest BCUT2D eigenvalue weighted by Gasteiger charge is 2.24. The molecule has 0 saturated heterocycles. The van der Waals surface area contributed by atoms with Gasteiger partial charge in [-0.2, -0.15) is 0 Å². The van der Waals surface area contributed by atoms with Crippen LogP contribution >= 0.6 is 11.6 Å². The molecule has 0 aliphatic carbocycles. The summed E-state index contributed by atoms with van der Waals surface area (Å²) in [4.78, 5) is 7.94. The van der Waals surface area contributed by atoms with Gasteiger partial charge in [0.25, 0.3) is 0 Å². The fourth-order valence-corrected chi connectivity index (χ4v) is 1.09. The van der Waals surface area contributed by atoms with E-state index in [0.29, 0.717) is 5.82 Å². The predicted octanol–water partition coefficient (Wildman–Crippen LogP) is 2.01. The standard InChI is InChI=1S/C10H16ClN3O/c1-6-5-12-9(11)13-8(6)14-10(3,4)7(2)15/h5,7,15H,1-4H3,(H,12,13,14). The lowest BCUT2D eigenvalue weighted by atomic mass is 9.99. The van der Waals surface area contributed by atoms with E-state index in [1.807, 2.05) is 20.8 Å². The molecule has 1 aromatic rings. The molecule has 0 fully saturated rings. The van der Waals surface area contributed by atoms with Gasteiger partial charge in [-0.3, -0.25) is 0 Å². The van der Waals surface area contributed by atoms with Crippen LogP contribution in [0.25, 0.3) is 0 Å². The second-order valence-corrected chi connectivity index (χ2v) is 4.53. The molecule has 0 radical (unpaired) electrons. The van der Waals surface area contributed by atoms with Crippen molar-refractivity contribution in [3.63, 3.8) is 0 Å². The summed E-state index contributed by atoms with van der Waals surface area (Å²) in [5.41, 5.74) is 0.441. The van der Waals surface area contributed by atoms with E-state index < -0.39 is 11.6 Å². The minimum Gasteiger partial charge on any atom is -0.391 e. The quantitative estimate of drug-likeness (QED) is 0.779. The zero-order valence-corrected chi connectivity index (χ0v) is 10.1. The first-order valence-electron chi connectivity index (χ1n) is 4.78. The van der Waals surface area contributed by atoms with E-state index in [-0.39, 0.29) is 5.28 Å². The van der Waals surface area contributed by atoms with Crippen LogP contribution in [0, 0.1) is 6.92 Å². The third-order valence-corrected chi connectivity index (χ3v) is 2.61. The Hall–Kier alpha value is -0.870. The molecule has 0 bridgehead atoms. The van der Waals surface area contributed by atoms with Crippen LogP contribution in [0.3, 0.4) is 0 Å². The summed E-state index contributed by atoms with van der Waals surface area (Å²) in [6, 6.07) is 0. The molecule has 0 spiro atoms. The number of anilines is 1. The van der Waals surface area contributed by atoms with Gasteiger partial charge in [-0.15, -0.1) is 0 Å². The third kappa shape index (κ3) is 3.04. The summed E-state index contributed by atoms with van der Waals surface area (Å²) in [6.07, 6.45) is 1.15. The largest absolute Gasteiger partial charge is 0.391 e. The molecule has 4 nitrogen and oxygen atoms in total. The minimum absolute atomic E-state index is 0.199. The van der Waals surface area contributed by atoms with E-state index >= 15 is 0 Å². The zero-order chi connectivity index (χ0) is 11.6. The number of aliphatic hydroxyl groups excluding tert-OH is 1. The van der Waals surface area contributed by atoms with Crippen molar-refractivity contribution in [2.75, 3.05) is 5.32 Å². The lowest BCUT2D eigenvalue weighted by molar-refractivity contribution is 0.133. The van der Waals surface area contributed by atoms with Crippen molar-refractivity contribution in [2.24, 2.45) is 0 Å². The van der Waals surface area contributed by atoms with Crippen LogP contribution in [-0.2, 0) is 0 Å². The Morgan fingerprint density at radius 1 is 1.53 bits per heavy atom. The maximum atomic E-state index is 9.56. The summed E-state index contributed by atoms with van der Waals surface area (Å²) in [5.74, 6) is 0.654. The molecule has 0 saturated carbocycles. The van der Waals surface area contributed by atoms with Crippen LogP contribution in [0.1, 0.15) is 26.3 Å². The molecule has 1 rings (SSSR count). The van der Waals surface area contributed by atoms with Crippen LogP contribution in [0.15, 0.2) is 6.20 Å². The minimum atomic E-state index is -0.495. The molecule has 0 aliphatic heterocycles. The Bertz CT molecular complexity index is 353. The van der Waals surface area contributed by atoms with Gasteiger partial charge >= 0.3 is 0 Å². The molecule has 5 heteroatoms. The van der Waals surface area contributed by atoms with E-state index in [9.17, 15) is 5.11 Å². The van der Waals surface area contributed by atoms with Crippen LogP contribution in [0.2, 0.25) is 5.28 Å². The van der Waals surface area contributed by atoms with Gasteiger partial charge in [-0.05, 0) is 39.3 Å². The molecule has 0 amide bonds. The number of aliphatic hydroxyl groups is 1. The van der Waals surface area contributed by atoms with Crippen molar-refractivity contribution in [2.45, 2.75) is 39.3 Å². The highest BCUT2D eigenvalue weighted by Crippen LogP contribution is 2.20.